The van der Waals surface area contributed by atoms with E-state index in [4.69, 9.17) is 19.0 Å². The summed E-state index contributed by atoms with van der Waals surface area (Å²) in [4.78, 5) is 23.1. The maximum atomic E-state index is 12.3. The number of hydrogen-bond donors (Lipinski definition) is 2. The highest BCUT2D eigenvalue weighted by Crippen LogP contribution is 2.27. The summed E-state index contributed by atoms with van der Waals surface area (Å²) in [6.07, 6.45) is 3.07. The van der Waals surface area contributed by atoms with Crippen LogP contribution in [0.25, 0.3) is 0 Å². The Labute approximate surface area is 144 Å². The molecule has 0 radical (unpaired) electrons. The van der Waals surface area contributed by atoms with E-state index in [2.05, 4.69) is 5.32 Å². The monoisotopic (exact) mass is 345 g/mol. The second-order valence-electron chi connectivity index (χ2n) is 5.90. The number of carboxylic acids is 1. The number of ether oxygens (including phenoxy) is 2. The summed E-state index contributed by atoms with van der Waals surface area (Å²) < 4.78 is 16.4. The van der Waals surface area contributed by atoms with Gasteiger partial charge in [-0.3, -0.25) is 4.79 Å². The molecule has 2 heterocycles. The number of furan rings is 1. The molecule has 1 saturated heterocycles. The summed E-state index contributed by atoms with van der Waals surface area (Å²) >= 11 is 0. The number of aromatic carboxylic acids is 1. The van der Waals surface area contributed by atoms with Crippen molar-refractivity contribution in [3.8, 4) is 5.75 Å². The molecule has 0 unspecified atom stereocenters. The van der Waals surface area contributed by atoms with Gasteiger partial charge in [-0.15, -0.1) is 0 Å². The van der Waals surface area contributed by atoms with E-state index >= 15 is 0 Å². The molecule has 2 N–H and O–H groups in total. The molecule has 25 heavy (non-hydrogen) atoms. The number of carboxylic acid groups (broad SMARTS) is 1. The van der Waals surface area contributed by atoms with Crippen molar-refractivity contribution in [1.82, 2.24) is 0 Å². The fourth-order valence-corrected chi connectivity index (χ4v) is 2.56. The quantitative estimate of drug-likeness (QED) is 0.835. The third-order valence-electron chi connectivity index (χ3n) is 3.90. The van der Waals surface area contributed by atoms with E-state index in [0.717, 1.165) is 31.3 Å². The lowest BCUT2D eigenvalue weighted by Gasteiger charge is -2.15. The van der Waals surface area contributed by atoms with Crippen LogP contribution in [0.5, 0.6) is 5.75 Å². The molecule has 1 atom stereocenters. The third kappa shape index (κ3) is 4.19. The number of carbonyl (C=O) groups is 2. The highest BCUT2D eigenvalue weighted by atomic mass is 16.5. The first-order valence-electron chi connectivity index (χ1n) is 8.01. The maximum absolute atomic E-state index is 12.3. The zero-order valence-electron chi connectivity index (χ0n) is 13.8. The average Bonchev–Trinajstić information content (AvgIpc) is 3.26. The lowest BCUT2D eigenvalue weighted by Crippen LogP contribution is -2.18. The molecule has 7 heteroatoms. The van der Waals surface area contributed by atoms with Gasteiger partial charge in [0.25, 0.3) is 5.91 Å². The molecule has 1 fully saturated rings. The lowest BCUT2D eigenvalue weighted by molar-refractivity contribution is 0.0681. The molecule has 1 amide bonds. The highest BCUT2D eigenvalue weighted by Gasteiger charge is 2.19. The highest BCUT2D eigenvalue weighted by molar-refractivity contribution is 6.04. The summed E-state index contributed by atoms with van der Waals surface area (Å²) in [6.45, 7) is 3.09. The average molecular weight is 345 g/mol. The van der Waals surface area contributed by atoms with Crippen LogP contribution in [-0.4, -0.2) is 36.3 Å². The van der Waals surface area contributed by atoms with Gasteiger partial charge in [-0.05, 0) is 37.5 Å². The van der Waals surface area contributed by atoms with E-state index in [-0.39, 0.29) is 17.4 Å². The second kappa shape index (κ2) is 7.40. The summed E-state index contributed by atoms with van der Waals surface area (Å²) in [5, 5.41) is 11.6. The van der Waals surface area contributed by atoms with Gasteiger partial charge in [0.1, 0.15) is 18.6 Å². The van der Waals surface area contributed by atoms with Crippen LogP contribution in [-0.2, 0) is 4.74 Å². The van der Waals surface area contributed by atoms with Gasteiger partial charge in [0.2, 0.25) is 0 Å². The number of anilines is 1. The van der Waals surface area contributed by atoms with Gasteiger partial charge in [0, 0.05) is 12.7 Å². The number of amides is 1. The topological polar surface area (TPSA) is 98.0 Å². The van der Waals surface area contributed by atoms with Crippen LogP contribution in [0.1, 0.15) is 39.3 Å². The fraction of sp³-hybridized carbons (Fsp3) is 0.333. The van der Waals surface area contributed by atoms with Gasteiger partial charge >= 0.3 is 5.97 Å². The Kier molecular flexibility index (Phi) is 5.04. The Morgan fingerprint density at radius 1 is 1.36 bits per heavy atom. The van der Waals surface area contributed by atoms with E-state index in [1.807, 2.05) is 19.1 Å². The van der Waals surface area contributed by atoms with Crippen molar-refractivity contribution in [2.45, 2.75) is 25.9 Å². The van der Waals surface area contributed by atoms with Crippen LogP contribution >= 0.6 is 0 Å². The van der Waals surface area contributed by atoms with Crippen molar-refractivity contribution in [3.05, 3.63) is 47.4 Å². The molecule has 1 aromatic heterocycles. The molecule has 3 rings (SSSR count). The molecule has 132 valence electrons. The summed E-state index contributed by atoms with van der Waals surface area (Å²) in [7, 11) is 0. The summed E-state index contributed by atoms with van der Waals surface area (Å²) in [5.41, 5.74) is 1.40. The molecule has 1 aliphatic rings. The standard InChI is InChI=1S/C18H19NO6/c1-11-4-5-14(15(7-11)25-10-13-3-2-6-23-13)19-17(20)16-8-12(9-24-16)18(21)22/h4-5,7-9,13H,2-3,6,10H2,1H3,(H,19,20)(H,21,22)/t13-/m1/s1. The van der Waals surface area contributed by atoms with Crippen molar-refractivity contribution in [2.24, 2.45) is 0 Å². The first kappa shape index (κ1) is 17.0. The van der Waals surface area contributed by atoms with E-state index in [0.29, 0.717) is 18.0 Å². The van der Waals surface area contributed by atoms with Gasteiger partial charge in [0.15, 0.2) is 5.76 Å². The number of aryl methyl sites for hydroxylation is 1. The van der Waals surface area contributed by atoms with Crippen LogP contribution in [0.3, 0.4) is 0 Å². The van der Waals surface area contributed by atoms with Crippen molar-refractivity contribution in [2.75, 3.05) is 18.5 Å². The minimum atomic E-state index is -1.15. The van der Waals surface area contributed by atoms with Crippen LogP contribution in [0.15, 0.2) is 34.9 Å². The Balaban J connectivity index is 1.71. The zero-order valence-corrected chi connectivity index (χ0v) is 13.8. The fourth-order valence-electron chi connectivity index (χ4n) is 2.56. The normalized spacial score (nSPS) is 16.6. The van der Waals surface area contributed by atoms with Gasteiger partial charge < -0.3 is 24.3 Å². The number of carbonyl (C=O) groups excluding carboxylic acids is 1. The number of benzene rings is 1. The molecule has 1 aromatic carbocycles. The first-order valence-corrected chi connectivity index (χ1v) is 8.01. The lowest BCUT2D eigenvalue weighted by atomic mass is 10.2. The Morgan fingerprint density at radius 2 is 2.20 bits per heavy atom. The van der Waals surface area contributed by atoms with Gasteiger partial charge in [-0.2, -0.15) is 0 Å². The van der Waals surface area contributed by atoms with Crippen molar-refractivity contribution in [3.63, 3.8) is 0 Å². The summed E-state index contributed by atoms with van der Waals surface area (Å²) in [5.74, 6) is -1.24. The van der Waals surface area contributed by atoms with Crippen molar-refractivity contribution in [1.29, 1.82) is 0 Å². The van der Waals surface area contributed by atoms with E-state index in [1.54, 1.807) is 6.07 Å². The summed E-state index contributed by atoms with van der Waals surface area (Å²) in [6, 6.07) is 6.59. The predicted octanol–water partition coefficient (Wildman–Crippen LogP) is 3.10. The van der Waals surface area contributed by atoms with Gasteiger partial charge in [0.05, 0.1) is 17.4 Å². The molecule has 0 aliphatic carbocycles. The number of nitrogens with one attached hydrogen (secondary N) is 1. The Hall–Kier alpha value is -2.80. The SMILES string of the molecule is Cc1ccc(NC(=O)c2cc(C(=O)O)co2)c(OC[C@H]2CCCO2)c1. The largest absolute Gasteiger partial charge is 0.489 e. The predicted molar refractivity (Wildman–Crippen MR) is 89.3 cm³/mol. The van der Waals surface area contributed by atoms with Crippen molar-refractivity contribution >= 4 is 17.6 Å². The molecule has 0 saturated carbocycles. The molecular formula is C18H19NO6. The minimum absolute atomic E-state index is 0.0623. The molecule has 1 aliphatic heterocycles. The van der Waals surface area contributed by atoms with Crippen LogP contribution in [0.4, 0.5) is 5.69 Å². The van der Waals surface area contributed by atoms with Crippen LogP contribution < -0.4 is 10.1 Å². The first-order chi connectivity index (χ1) is 12.0. The number of rotatable bonds is 6. The molecule has 2 aromatic rings. The zero-order chi connectivity index (χ0) is 17.8. The third-order valence-corrected chi connectivity index (χ3v) is 3.90. The molecule has 7 nitrogen and oxygen atoms in total. The van der Waals surface area contributed by atoms with Crippen LogP contribution in [0, 0.1) is 6.92 Å². The van der Waals surface area contributed by atoms with Gasteiger partial charge in [-0.25, -0.2) is 4.79 Å². The maximum Gasteiger partial charge on any atom is 0.338 e. The van der Waals surface area contributed by atoms with Crippen LogP contribution in [0.2, 0.25) is 0 Å². The van der Waals surface area contributed by atoms with Crippen molar-refractivity contribution < 1.29 is 28.6 Å². The van der Waals surface area contributed by atoms with E-state index in [9.17, 15) is 9.59 Å². The second-order valence-corrected chi connectivity index (χ2v) is 5.90. The number of hydrogen-bond acceptors (Lipinski definition) is 5. The van der Waals surface area contributed by atoms with Gasteiger partial charge in [-0.1, -0.05) is 6.07 Å². The molecule has 0 bridgehead atoms. The van der Waals surface area contributed by atoms with E-state index in [1.165, 1.54) is 6.07 Å². The minimum Gasteiger partial charge on any atom is -0.489 e. The molecule has 0 spiro atoms. The molecular weight excluding hydrogens is 326 g/mol. The smallest absolute Gasteiger partial charge is 0.338 e. The Morgan fingerprint density at radius 3 is 2.88 bits per heavy atom. The van der Waals surface area contributed by atoms with E-state index < -0.39 is 11.9 Å². The Bertz CT molecular complexity index is 776.